The van der Waals surface area contributed by atoms with Crippen LogP contribution in [0.5, 0.6) is 0 Å². The molecule has 1 amide bonds. The van der Waals surface area contributed by atoms with Crippen LogP contribution in [-0.4, -0.2) is 25.2 Å². The van der Waals surface area contributed by atoms with E-state index in [0.717, 1.165) is 9.37 Å². The Morgan fingerprint density at radius 3 is 2.74 bits per heavy atom. The van der Waals surface area contributed by atoms with Gasteiger partial charge in [-0.05, 0) is 47.0 Å². The summed E-state index contributed by atoms with van der Waals surface area (Å²) in [6.45, 7) is 7.25. The van der Waals surface area contributed by atoms with Gasteiger partial charge in [0.2, 0.25) is 0 Å². The van der Waals surface area contributed by atoms with E-state index in [1.54, 1.807) is 6.07 Å². The first-order chi connectivity index (χ1) is 8.95. The van der Waals surface area contributed by atoms with Gasteiger partial charge in [-0.25, -0.2) is 0 Å². The average molecular weight is 346 g/mol. The molecule has 1 unspecified atom stereocenters. The van der Waals surface area contributed by atoms with Crippen LogP contribution in [0.2, 0.25) is 0 Å². The Balaban J connectivity index is 2.78. The lowest BCUT2D eigenvalue weighted by Gasteiger charge is -2.22. The number of thiol groups is 1. The number of nitrogens with one attached hydrogen (secondary N) is 1. The van der Waals surface area contributed by atoms with Gasteiger partial charge in [0.25, 0.3) is 5.91 Å². The van der Waals surface area contributed by atoms with Crippen molar-refractivity contribution in [1.82, 2.24) is 5.32 Å². The molecule has 1 N–H and O–H groups in total. The number of rotatable bonds is 6. The maximum absolute atomic E-state index is 12.3. The van der Waals surface area contributed by atoms with E-state index in [9.17, 15) is 4.79 Å². The van der Waals surface area contributed by atoms with E-state index in [4.69, 9.17) is 4.74 Å². The lowest BCUT2D eigenvalue weighted by atomic mass is 10.0. The van der Waals surface area contributed by atoms with Crippen LogP contribution in [0, 0.1) is 5.92 Å². The van der Waals surface area contributed by atoms with Crippen molar-refractivity contribution in [3.8, 4) is 0 Å². The Kier molecular flexibility index (Phi) is 6.89. The number of benzene rings is 1. The summed E-state index contributed by atoms with van der Waals surface area (Å²) in [5.74, 6) is 0.203. The Morgan fingerprint density at radius 2 is 2.16 bits per heavy atom. The maximum atomic E-state index is 12.3. The summed E-state index contributed by atoms with van der Waals surface area (Å²) in [6.07, 6.45) is 0. The van der Waals surface area contributed by atoms with Gasteiger partial charge in [0.1, 0.15) is 0 Å². The van der Waals surface area contributed by atoms with Crippen molar-refractivity contribution in [1.29, 1.82) is 0 Å². The molecule has 0 radical (unpaired) electrons. The van der Waals surface area contributed by atoms with Gasteiger partial charge in [-0.3, -0.25) is 4.79 Å². The van der Waals surface area contributed by atoms with Gasteiger partial charge in [0.05, 0.1) is 18.2 Å². The number of halogens is 1. The summed E-state index contributed by atoms with van der Waals surface area (Å²) < 4.78 is 6.17. The van der Waals surface area contributed by atoms with Crippen molar-refractivity contribution < 1.29 is 9.53 Å². The minimum Gasteiger partial charge on any atom is -0.380 e. The lowest BCUT2D eigenvalue weighted by Crippen LogP contribution is -2.42. The third kappa shape index (κ3) is 5.16. The third-order valence-electron chi connectivity index (χ3n) is 2.82. The molecule has 0 heterocycles. The number of amides is 1. The first-order valence-corrected chi connectivity index (χ1v) is 7.56. The first kappa shape index (κ1) is 16.5. The van der Waals surface area contributed by atoms with Crippen LogP contribution < -0.4 is 5.32 Å². The van der Waals surface area contributed by atoms with E-state index >= 15 is 0 Å². The second kappa shape index (κ2) is 7.92. The molecule has 0 spiro atoms. The van der Waals surface area contributed by atoms with E-state index in [1.165, 1.54) is 0 Å². The highest BCUT2D eigenvalue weighted by Gasteiger charge is 2.18. The summed E-state index contributed by atoms with van der Waals surface area (Å²) in [7, 11) is 0. The van der Waals surface area contributed by atoms with E-state index in [0.29, 0.717) is 24.7 Å². The molecule has 106 valence electrons. The van der Waals surface area contributed by atoms with Gasteiger partial charge in [0, 0.05) is 16.0 Å². The highest BCUT2D eigenvalue weighted by atomic mass is 79.9. The predicted octanol–water partition coefficient (Wildman–Crippen LogP) is 3.53. The SMILES string of the molecule is CCOCC(NC(=O)c1cc(S)ccc1Br)C(C)C. The molecule has 0 aliphatic heterocycles. The number of carbonyl (C=O) groups is 1. The van der Waals surface area contributed by atoms with E-state index in [-0.39, 0.29) is 11.9 Å². The Morgan fingerprint density at radius 1 is 1.47 bits per heavy atom. The highest BCUT2D eigenvalue weighted by Crippen LogP contribution is 2.20. The number of hydrogen-bond donors (Lipinski definition) is 2. The molecule has 0 saturated heterocycles. The quantitative estimate of drug-likeness (QED) is 0.774. The van der Waals surface area contributed by atoms with Gasteiger partial charge in [-0.15, -0.1) is 12.6 Å². The fourth-order valence-corrected chi connectivity index (χ4v) is 2.21. The minimum absolute atomic E-state index is 0.00271. The average Bonchev–Trinajstić information content (AvgIpc) is 2.36. The Hall–Kier alpha value is -0.520. The van der Waals surface area contributed by atoms with E-state index in [2.05, 4.69) is 47.7 Å². The zero-order chi connectivity index (χ0) is 14.4. The van der Waals surface area contributed by atoms with E-state index in [1.807, 2.05) is 19.1 Å². The van der Waals surface area contributed by atoms with Crippen molar-refractivity contribution in [2.24, 2.45) is 5.92 Å². The smallest absolute Gasteiger partial charge is 0.252 e. The molecule has 1 atom stereocenters. The summed E-state index contributed by atoms with van der Waals surface area (Å²) in [5, 5.41) is 3.01. The van der Waals surface area contributed by atoms with Gasteiger partial charge < -0.3 is 10.1 Å². The van der Waals surface area contributed by atoms with Crippen molar-refractivity contribution in [2.45, 2.75) is 31.7 Å². The van der Waals surface area contributed by atoms with Crippen LogP contribution in [0.15, 0.2) is 27.6 Å². The largest absolute Gasteiger partial charge is 0.380 e. The fraction of sp³-hybridized carbons (Fsp3) is 0.500. The van der Waals surface area contributed by atoms with E-state index < -0.39 is 0 Å². The molecule has 3 nitrogen and oxygen atoms in total. The molecule has 0 saturated carbocycles. The van der Waals surface area contributed by atoms with Gasteiger partial charge in [-0.1, -0.05) is 13.8 Å². The van der Waals surface area contributed by atoms with Gasteiger partial charge in [0.15, 0.2) is 0 Å². The van der Waals surface area contributed by atoms with Crippen molar-refractivity contribution >= 4 is 34.5 Å². The third-order valence-corrected chi connectivity index (χ3v) is 3.79. The predicted molar refractivity (Wildman–Crippen MR) is 84.0 cm³/mol. The summed E-state index contributed by atoms with van der Waals surface area (Å²) in [5.41, 5.74) is 0.592. The molecule has 0 fully saturated rings. The van der Waals surface area contributed by atoms with Crippen LogP contribution >= 0.6 is 28.6 Å². The molecule has 5 heteroatoms. The summed E-state index contributed by atoms with van der Waals surface area (Å²) >= 11 is 7.64. The number of hydrogen-bond acceptors (Lipinski definition) is 3. The number of carbonyl (C=O) groups excluding carboxylic acids is 1. The molecule has 1 aromatic carbocycles. The second-order valence-electron chi connectivity index (χ2n) is 4.65. The Labute approximate surface area is 128 Å². The van der Waals surface area contributed by atoms with Crippen molar-refractivity contribution in [3.05, 3.63) is 28.2 Å². The van der Waals surface area contributed by atoms with Crippen LogP contribution in [0.4, 0.5) is 0 Å². The van der Waals surface area contributed by atoms with Crippen LogP contribution in [0.25, 0.3) is 0 Å². The molecule has 1 aromatic rings. The van der Waals surface area contributed by atoms with Crippen molar-refractivity contribution in [3.63, 3.8) is 0 Å². The normalized spacial score (nSPS) is 12.5. The molecule has 1 rings (SSSR count). The lowest BCUT2D eigenvalue weighted by molar-refractivity contribution is 0.0805. The zero-order valence-corrected chi connectivity index (χ0v) is 13.9. The summed E-state index contributed by atoms with van der Waals surface area (Å²) in [4.78, 5) is 13.0. The molecule has 0 bridgehead atoms. The highest BCUT2D eigenvalue weighted by molar-refractivity contribution is 9.10. The second-order valence-corrected chi connectivity index (χ2v) is 6.02. The van der Waals surface area contributed by atoms with Crippen LogP contribution in [0.1, 0.15) is 31.1 Å². The molecule has 0 aliphatic carbocycles. The zero-order valence-electron chi connectivity index (χ0n) is 11.4. The molecule has 19 heavy (non-hydrogen) atoms. The molecule has 0 aliphatic rings. The Bertz CT molecular complexity index is 437. The number of ether oxygens (including phenoxy) is 1. The summed E-state index contributed by atoms with van der Waals surface area (Å²) in [6, 6.07) is 5.41. The fourth-order valence-electron chi connectivity index (χ4n) is 1.58. The topological polar surface area (TPSA) is 38.3 Å². The van der Waals surface area contributed by atoms with Crippen LogP contribution in [0.3, 0.4) is 0 Å². The molecular formula is C14H20BrNO2S. The van der Waals surface area contributed by atoms with Crippen LogP contribution in [-0.2, 0) is 4.74 Å². The monoisotopic (exact) mass is 345 g/mol. The van der Waals surface area contributed by atoms with Gasteiger partial charge >= 0.3 is 0 Å². The molecule has 0 aromatic heterocycles. The maximum Gasteiger partial charge on any atom is 0.252 e. The van der Waals surface area contributed by atoms with Crippen molar-refractivity contribution in [2.75, 3.05) is 13.2 Å². The minimum atomic E-state index is -0.110. The van der Waals surface area contributed by atoms with Gasteiger partial charge in [-0.2, -0.15) is 0 Å². The standard InChI is InChI=1S/C14H20BrNO2S/c1-4-18-8-13(9(2)3)16-14(17)11-7-10(19)5-6-12(11)15/h5-7,9,13,19H,4,8H2,1-3H3,(H,16,17). The molecular weight excluding hydrogens is 326 g/mol. The first-order valence-electron chi connectivity index (χ1n) is 6.32.